The van der Waals surface area contributed by atoms with E-state index in [1.165, 1.54) is 18.2 Å². The fourth-order valence-electron chi connectivity index (χ4n) is 2.36. The Morgan fingerprint density at radius 2 is 1.67 bits per heavy atom. The number of H-pyrrole nitrogens is 1. The van der Waals surface area contributed by atoms with Crippen molar-refractivity contribution in [1.29, 1.82) is 0 Å². The molecule has 3 aromatic rings. The Morgan fingerprint density at radius 1 is 1.04 bits per heavy atom. The molecule has 2 N–H and O–H groups in total. The van der Waals surface area contributed by atoms with Crippen LogP contribution < -0.4 is 19.5 Å². The number of carboxylic acid groups (broad SMARTS) is 1. The van der Waals surface area contributed by atoms with Gasteiger partial charge in [0.2, 0.25) is 0 Å². The third-order valence-corrected chi connectivity index (χ3v) is 4.74. The highest BCUT2D eigenvalue weighted by Gasteiger charge is 2.04. The predicted molar refractivity (Wildman–Crippen MR) is 103 cm³/mol. The smallest absolute Gasteiger partial charge is 0.335 e. The number of aromatic nitrogens is 1. The number of methoxy groups -OCH3 is 1. The summed E-state index contributed by atoms with van der Waals surface area (Å²) in [5.41, 5.74) is 1.04. The number of hydrogen-bond donors (Lipinski definition) is 2. The van der Waals surface area contributed by atoms with Crippen molar-refractivity contribution in [3.05, 3.63) is 84.8 Å². The molecule has 0 saturated carbocycles. The Kier molecular flexibility index (Phi) is 5.33. The van der Waals surface area contributed by atoms with Gasteiger partial charge < -0.3 is 14.8 Å². The monoisotopic (exact) mass is 381 g/mol. The number of carbonyl (C=O) groups excluding carboxylic acids is 1. The summed E-state index contributed by atoms with van der Waals surface area (Å²) in [6, 6.07) is 12.9. The summed E-state index contributed by atoms with van der Waals surface area (Å²) in [5.74, 6) is -0.584. The van der Waals surface area contributed by atoms with Crippen molar-refractivity contribution in [2.45, 2.75) is 0 Å². The first-order chi connectivity index (χ1) is 13.0. The van der Waals surface area contributed by atoms with E-state index in [-0.39, 0.29) is 16.9 Å². The van der Waals surface area contributed by atoms with Gasteiger partial charge >= 0.3 is 5.97 Å². The molecule has 1 heterocycles. The van der Waals surface area contributed by atoms with Crippen LogP contribution in [0.3, 0.4) is 0 Å². The topological polar surface area (TPSA) is 96.5 Å². The Morgan fingerprint density at radius 3 is 2.26 bits per heavy atom. The van der Waals surface area contributed by atoms with Gasteiger partial charge in [0.05, 0.1) is 21.9 Å². The van der Waals surface area contributed by atoms with Crippen molar-refractivity contribution >= 4 is 35.2 Å². The molecule has 0 aliphatic heterocycles. The molecule has 0 atom stereocenters. The van der Waals surface area contributed by atoms with Gasteiger partial charge in [0.15, 0.2) is 5.78 Å². The minimum absolute atomic E-state index is 0.173. The molecular formula is C20H15NO5S. The van der Waals surface area contributed by atoms with E-state index < -0.39 is 5.97 Å². The van der Waals surface area contributed by atoms with Crippen LogP contribution in [0.1, 0.15) is 26.3 Å². The molecule has 0 saturated heterocycles. The third kappa shape index (κ3) is 4.39. The fraction of sp³-hybridized carbons (Fsp3) is 0.0500. The number of benzene rings is 2. The maximum Gasteiger partial charge on any atom is 0.335 e. The highest BCUT2D eigenvalue weighted by Crippen LogP contribution is 2.12. The summed E-state index contributed by atoms with van der Waals surface area (Å²) in [6.07, 6.45) is 3.02. The van der Waals surface area contributed by atoms with Crippen LogP contribution in [0.4, 0.5) is 0 Å². The summed E-state index contributed by atoms with van der Waals surface area (Å²) in [5, 5.41) is 8.91. The molecule has 0 amide bonds. The minimum Gasteiger partial charge on any atom is -0.497 e. The predicted octanol–water partition coefficient (Wildman–Crippen LogP) is 1.64. The maximum absolute atomic E-state index is 12.3. The van der Waals surface area contributed by atoms with E-state index in [1.807, 2.05) is 0 Å². The highest BCUT2D eigenvalue weighted by molar-refractivity contribution is 7.07. The average Bonchev–Trinajstić information content (AvgIpc) is 3.01. The van der Waals surface area contributed by atoms with E-state index in [1.54, 1.807) is 49.6 Å². The largest absolute Gasteiger partial charge is 0.497 e. The second kappa shape index (κ2) is 7.84. The van der Waals surface area contributed by atoms with Crippen LogP contribution in [0, 0.1) is 0 Å². The van der Waals surface area contributed by atoms with Gasteiger partial charge in [-0.3, -0.25) is 9.59 Å². The molecule has 136 valence electrons. The van der Waals surface area contributed by atoms with Gasteiger partial charge in [-0.25, -0.2) is 4.79 Å². The standard InChI is InChI=1S/C20H15NO5S/c1-26-15-8-6-13(7-9-15)16(22)11-18-21-19(23)17(27-18)10-12-2-4-14(5-3-12)20(24)25/h2-11H,1H3,(H,21,23)(H,24,25). The van der Waals surface area contributed by atoms with E-state index >= 15 is 0 Å². The summed E-state index contributed by atoms with van der Waals surface area (Å²) >= 11 is 1.15. The van der Waals surface area contributed by atoms with Crippen LogP contribution >= 0.6 is 11.3 Å². The number of ketones is 1. The second-order valence-electron chi connectivity index (χ2n) is 5.59. The lowest BCUT2D eigenvalue weighted by molar-refractivity contribution is 0.0696. The van der Waals surface area contributed by atoms with Crippen LogP contribution in [0.2, 0.25) is 0 Å². The molecule has 0 spiro atoms. The van der Waals surface area contributed by atoms with Gasteiger partial charge in [-0.2, -0.15) is 0 Å². The van der Waals surface area contributed by atoms with Crippen molar-refractivity contribution in [1.82, 2.24) is 4.98 Å². The van der Waals surface area contributed by atoms with Crippen molar-refractivity contribution < 1.29 is 19.4 Å². The molecule has 7 heteroatoms. The van der Waals surface area contributed by atoms with Crippen LogP contribution in [0.25, 0.3) is 12.2 Å². The normalized spacial score (nSPS) is 12.2. The van der Waals surface area contributed by atoms with Gasteiger partial charge in [-0.1, -0.05) is 12.1 Å². The molecule has 6 nitrogen and oxygen atoms in total. The van der Waals surface area contributed by atoms with Crippen LogP contribution in [0.15, 0.2) is 53.3 Å². The van der Waals surface area contributed by atoms with Gasteiger partial charge in [0.1, 0.15) is 5.75 Å². The number of carbonyl (C=O) groups is 2. The Bertz CT molecular complexity index is 1150. The number of carboxylic acids is 1. The zero-order valence-electron chi connectivity index (χ0n) is 14.3. The number of aromatic amines is 1. The van der Waals surface area contributed by atoms with Crippen molar-refractivity contribution in [2.75, 3.05) is 7.11 Å². The number of thiazole rings is 1. The van der Waals surface area contributed by atoms with Crippen LogP contribution in [-0.2, 0) is 0 Å². The van der Waals surface area contributed by atoms with Crippen molar-refractivity contribution in [3.8, 4) is 5.75 Å². The van der Waals surface area contributed by atoms with E-state index in [2.05, 4.69) is 4.98 Å². The Balaban J connectivity index is 1.90. The highest BCUT2D eigenvalue weighted by atomic mass is 32.1. The fourth-order valence-corrected chi connectivity index (χ4v) is 3.24. The number of aromatic carboxylic acids is 1. The Labute approximate surface area is 157 Å². The molecule has 0 radical (unpaired) electrons. The lowest BCUT2D eigenvalue weighted by atomic mass is 10.1. The van der Waals surface area contributed by atoms with Gasteiger partial charge in [-0.15, -0.1) is 11.3 Å². The molecule has 0 aliphatic rings. The molecule has 0 unspecified atom stereocenters. The first-order valence-corrected chi connectivity index (χ1v) is 8.72. The molecular weight excluding hydrogens is 366 g/mol. The zero-order chi connectivity index (χ0) is 19.4. The van der Waals surface area contributed by atoms with Crippen molar-refractivity contribution in [2.24, 2.45) is 0 Å². The molecule has 1 aromatic heterocycles. The molecule has 0 aliphatic carbocycles. The lowest BCUT2D eigenvalue weighted by Crippen LogP contribution is -2.20. The number of rotatable bonds is 5. The number of Topliss-reactive ketones (excluding diaryl/α,β-unsaturated/α-hetero) is 1. The summed E-state index contributed by atoms with van der Waals surface area (Å²) in [6.45, 7) is 0. The minimum atomic E-state index is -1.01. The Hall–Kier alpha value is -3.45. The summed E-state index contributed by atoms with van der Waals surface area (Å²) in [4.78, 5) is 38.0. The van der Waals surface area contributed by atoms with E-state index in [0.717, 1.165) is 11.3 Å². The summed E-state index contributed by atoms with van der Waals surface area (Å²) < 4.78 is 5.92. The van der Waals surface area contributed by atoms with Crippen molar-refractivity contribution in [3.63, 3.8) is 0 Å². The number of nitrogens with one attached hydrogen (secondary N) is 1. The molecule has 3 rings (SSSR count). The van der Waals surface area contributed by atoms with Crippen LogP contribution in [-0.4, -0.2) is 29.0 Å². The third-order valence-electron chi connectivity index (χ3n) is 3.77. The average molecular weight is 381 g/mol. The maximum atomic E-state index is 12.3. The first-order valence-electron chi connectivity index (χ1n) is 7.90. The number of hydrogen-bond acceptors (Lipinski definition) is 5. The molecule has 2 aromatic carbocycles. The molecule has 27 heavy (non-hydrogen) atoms. The molecule has 0 bridgehead atoms. The van der Waals surface area contributed by atoms with Gasteiger partial charge in [0.25, 0.3) is 5.56 Å². The van der Waals surface area contributed by atoms with Gasteiger partial charge in [-0.05, 0) is 48.0 Å². The molecule has 0 fully saturated rings. The van der Waals surface area contributed by atoms with E-state index in [0.29, 0.717) is 26.1 Å². The van der Waals surface area contributed by atoms with Crippen LogP contribution in [0.5, 0.6) is 5.75 Å². The lowest BCUT2D eigenvalue weighted by Gasteiger charge is -1.99. The summed E-state index contributed by atoms with van der Waals surface area (Å²) in [7, 11) is 1.55. The zero-order valence-corrected chi connectivity index (χ0v) is 15.1. The van der Waals surface area contributed by atoms with Gasteiger partial charge in [0, 0.05) is 11.6 Å². The second-order valence-corrected chi connectivity index (χ2v) is 6.68. The first kappa shape index (κ1) is 18.3. The SMILES string of the molecule is COc1ccc(C(=O)C=c2[nH]c(=O)c(=Cc3ccc(C(=O)O)cc3)s2)cc1. The van der Waals surface area contributed by atoms with E-state index in [9.17, 15) is 14.4 Å². The number of ether oxygens (including phenoxy) is 1. The quantitative estimate of drug-likeness (QED) is 0.655. The van der Waals surface area contributed by atoms with E-state index in [4.69, 9.17) is 9.84 Å².